The Morgan fingerprint density at radius 1 is 0.429 bits per heavy atom. The lowest BCUT2D eigenvalue weighted by Crippen LogP contribution is -2.10. The fraction of sp³-hybridized carbons (Fsp3) is 0. The highest BCUT2D eigenvalue weighted by atomic mass is 16.3. The molecule has 0 N–H and O–H groups in total. The number of anilines is 3. The molecule has 0 bridgehead atoms. The summed E-state index contributed by atoms with van der Waals surface area (Å²) < 4.78 is 191. The minimum absolute atomic E-state index is 0.0289. The van der Waals surface area contributed by atoms with Crippen molar-refractivity contribution in [3.63, 3.8) is 0 Å². The van der Waals surface area contributed by atoms with E-state index < -0.39 is 166 Å². The Kier molecular flexibility index (Phi) is 3.20. The Labute approximate surface area is 311 Å². The van der Waals surface area contributed by atoms with Crippen molar-refractivity contribution in [2.45, 2.75) is 0 Å². The Morgan fingerprint density at radius 2 is 1.14 bits per heavy atom. The minimum atomic E-state index is -0.892. The highest BCUT2D eigenvalue weighted by Crippen LogP contribution is 2.45. The quantitative estimate of drug-likeness (QED) is 0.186. The van der Waals surface area contributed by atoms with Gasteiger partial charge in [-0.3, -0.25) is 0 Å². The van der Waals surface area contributed by atoms with Crippen LogP contribution in [0, 0.1) is 0 Å². The Balaban J connectivity index is 1.35. The van der Waals surface area contributed by atoms with Crippen LogP contribution in [0.1, 0.15) is 27.4 Å². The number of furan rings is 2. The number of benzene rings is 8. The minimum Gasteiger partial charge on any atom is -0.456 e. The van der Waals surface area contributed by atoms with Crippen molar-refractivity contribution < 1.29 is 36.2 Å². The third-order valence-electron chi connectivity index (χ3n) is 8.22. The maximum absolute atomic E-state index is 9.71. The van der Waals surface area contributed by atoms with Crippen molar-refractivity contribution in [3.05, 3.63) is 175 Å². The van der Waals surface area contributed by atoms with Gasteiger partial charge in [0.2, 0.25) is 0 Å². The second-order valence-electron chi connectivity index (χ2n) is 11.0. The van der Waals surface area contributed by atoms with Crippen LogP contribution in [0.15, 0.2) is 184 Å². The van der Waals surface area contributed by atoms with Gasteiger partial charge in [0.05, 0.1) is 38.5 Å². The first kappa shape index (κ1) is 14.3. The van der Waals surface area contributed by atoms with Gasteiger partial charge in [0.1, 0.15) is 22.3 Å². The van der Waals surface area contributed by atoms with Gasteiger partial charge in [-0.2, -0.15) is 0 Å². The van der Waals surface area contributed by atoms with Gasteiger partial charge >= 0.3 is 0 Å². The molecule has 0 unspecified atom stereocenters. The van der Waals surface area contributed by atoms with Gasteiger partial charge in [0.25, 0.3) is 0 Å². The van der Waals surface area contributed by atoms with Crippen LogP contribution in [0.5, 0.6) is 0 Å². The summed E-state index contributed by atoms with van der Waals surface area (Å²) in [5.74, 6) is 0. The molecule has 0 atom stereocenters. The van der Waals surface area contributed by atoms with E-state index in [0.717, 1.165) is 10.3 Å². The van der Waals surface area contributed by atoms with Gasteiger partial charge in [-0.1, -0.05) is 121 Å². The monoisotopic (exact) mass is 647 g/mol. The summed E-state index contributed by atoms with van der Waals surface area (Å²) in [6, 6.07) is -0.572. The zero-order valence-electron chi connectivity index (χ0n) is 45.0. The molecule has 10 aromatic rings. The second kappa shape index (κ2) is 11.0. The molecule has 10 rings (SSSR count). The number of hydrogen-bond acceptors (Lipinski definition) is 3. The largest absolute Gasteiger partial charge is 0.456 e. The molecule has 0 spiro atoms. The number of rotatable bonds is 5. The molecule has 2 aromatic heterocycles. The van der Waals surface area contributed by atoms with Crippen molar-refractivity contribution >= 4 is 71.7 Å². The average Bonchev–Trinajstić information content (AvgIpc) is 3.94. The molecule has 49 heavy (non-hydrogen) atoms. The van der Waals surface area contributed by atoms with E-state index in [0.29, 0.717) is 16.4 Å². The summed E-state index contributed by atoms with van der Waals surface area (Å²) >= 11 is 0. The molecule has 0 saturated heterocycles. The van der Waals surface area contributed by atoms with Gasteiger partial charge < -0.3 is 13.7 Å². The SMILES string of the molecule is [2H]c1c([2H])c([2H])c(-c2c([2H])c([2H])c(N(c3c([2H])c([2H])c(-c4c([2H])c([2H])c([2H])c5oc6c([2H])c([2H])c([2H])c([2H])c6c45)c([2H])c3[2H])c3cccc4oc5c6ccccc6ccc5c34)c([2H])c2[2H])c([2H])c1[2H]. The van der Waals surface area contributed by atoms with E-state index >= 15 is 0 Å². The first-order valence-corrected chi connectivity index (χ1v) is 15.0. The van der Waals surface area contributed by atoms with Gasteiger partial charge in [0, 0.05) is 32.9 Å². The van der Waals surface area contributed by atoms with Crippen molar-refractivity contribution in [2.24, 2.45) is 0 Å². The van der Waals surface area contributed by atoms with Gasteiger partial charge in [-0.25, -0.2) is 0 Å². The maximum atomic E-state index is 9.71. The second-order valence-corrected chi connectivity index (χ2v) is 11.0. The average molecular weight is 648 g/mol. The van der Waals surface area contributed by atoms with Crippen molar-refractivity contribution in [3.8, 4) is 22.3 Å². The lowest BCUT2D eigenvalue weighted by Gasteiger charge is -2.26. The van der Waals surface area contributed by atoms with E-state index in [2.05, 4.69) is 0 Å². The number of fused-ring (bicyclic) bond motifs is 8. The number of hydrogen-bond donors (Lipinski definition) is 0. The van der Waals surface area contributed by atoms with E-state index in [4.69, 9.17) is 25.3 Å². The molecule has 0 aliphatic carbocycles. The van der Waals surface area contributed by atoms with Gasteiger partial charge in [-0.05, 0) is 82.1 Å². The molecule has 230 valence electrons. The summed E-state index contributed by atoms with van der Waals surface area (Å²) in [7, 11) is 0. The predicted molar refractivity (Wildman–Crippen MR) is 204 cm³/mol. The predicted octanol–water partition coefficient (Wildman–Crippen LogP) is 13.4. The Bertz CT molecular complexity index is 3910. The molecular weight excluding hydrogens is 599 g/mol. The van der Waals surface area contributed by atoms with Gasteiger partial charge in [0.15, 0.2) is 0 Å². The van der Waals surface area contributed by atoms with E-state index in [9.17, 15) is 11.0 Å². The molecule has 0 aliphatic rings. The third-order valence-corrected chi connectivity index (χ3v) is 8.22. The number of para-hydroxylation sites is 1. The summed E-state index contributed by atoms with van der Waals surface area (Å²) in [6.45, 7) is 0. The fourth-order valence-corrected chi connectivity index (χ4v) is 6.08. The van der Waals surface area contributed by atoms with Crippen LogP contribution in [0.4, 0.5) is 17.1 Å². The summed E-state index contributed by atoms with van der Waals surface area (Å²) in [4.78, 5) is 0.993. The molecule has 0 radical (unpaired) electrons. The van der Waals surface area contributed by atoms with Crippen molar-refractivity contribution in [1.29, 1.82) is 0 Å². The van der Waals surface area contributed by atoms with Crippen LogP contribution in [0.3, 0.4) is 0 Å². The van der Waals surface area contributed by atoms with Crippen molar-refractivity contribution in [2.75, 3.05) is 4.90 Å². The maximum Gasteiger partial charge on any atom is 0.143 e. The normalized spacial score (nSPS) is 17.4. The third kappa shape index (κ3) is 4.44. The lowest BCUT2D eigenvalue weighted by molar-refractivity contribution is 0.669. The van der Waals surface area contributed by atoms with E-state index in [1.807, 2.05) is 24.3 Å². The number of nitrogens with zero attached hydrogens (tertiary/aromatic N) is 1. The standard InChI is InChI=1S/C46H29NO2/c1-2-10-30(11-3-1)31-20-25-34(26-21-31)47(40-16-9-19-43-45(40)39-29-24-32-12-4-5-13-37(32)46(39)49-43)35-27-22-33(23-28-35)36-15-8-18-42-44(36)38-14-6-7-17-41(38)48-42/h1-29H/i1D,2D,3D,6D,7D,8D,10D,11D,14D,15D,17D,18D,20D,21D,22D,23D,25D,26D,27D,28D. The van der Waals surface area contributed by atoms with E-state index in [1.54, 1.807) is 18.2 Å². The van der Waals surface area contributed by atoms with Crippen LogP contribution < -0.4 is 4.90 Å². The summed E-state index contributed by atoms with van der Waals surface area (Å²) in [6.07, 6.45) is 0. The van der Waals surface area contributed by atoms with Crippen LogP contribution in [-0.4, -0.2) is 0 Å². The van der Waals surface area contributed by atoms with Crippen LogP contribution in [0.2, 0.25) is 0 Å². The zero-order chi connectivity index (χ0) is 49.7. The van der Waals surface area contributed by atoms with E-state index in [-0.39, 0.29) is 27.4 Å². The molecule has 0 saturated carbocycles. The van der Waals surface area contributed by atoms with Crippen molar-refractivity contribution in [1.82, 2.24) is 0 Å². The first-order valence-electron chi connectivity index (χ1n) is 25.0. The molecule has 8 aromatic carbocycles. The fourth-order valence-electron chi connectivity index (χ4n) is 6.08. The highest BCUT2D eigenvalue weighted by Gasteiger charge is 2.21. The zero-order valence-corrected chi connectivity index (χ0v) is 25.0. The Morgan fingerprint density at radius 3 is 1.98 bits per heavy atom. The smallest absolute Gasteiger partial charge is 0.143 e. The molecule has 3 nitrogen and oxygen atoms in total. The molecule has 3 heteroatoms. The van der Waals surface area contributed by atoms with Crippen LogP contribution >= 0.6 is 0 Å². The summed E-state index contributed by atoms with van der Waals surface area (Å²) in [5.41, 5.74) is -4.08. The lowest BCUT2D eigenvalue weighted by atomic mass is 9.98. The molecule has 0 aliphatic heterocycles. The topological polar surface area (TPSA) is 29.5 Å². The first-order chi connectivity index (χ1) is 32.6. The van der Waals surface area contributed by atoms with E-state index in [1.165, 1.54) is 12.1 Å². The Hall–Kier alpha value is -6.58. The van der Waals surface area contributed by atoms with Gasteiger partial charge in [-0.15, -0.1) is 0 Å². The molecule has 0 amide bonds. The van der Waals surface area contributed by atoms with Crippen LogP contribution in [-0.2, 0) is 0 Å². The molecular formula is C46H29NO2. The van der Waals surface area contributed by atoms with Crippen LogP contribution in [0.25, 0.3) is 76.9 Å². The molecule has 2 heterocycles. The summed E-state index contributed by atoms with van der Waals surface area (Å²) in [5, 5.41) is 1.52. The highest BCUT2D eigenvalue weighted by molar-refractivity contribution is 6.19. The molecule has 0 fully saturated rings.